The van der Waals surface area contributed by atoms with Crippen LogP contribution in [-0.4, -0.2) is 16.6 Å². The molecule has 2 heterocycles. The van der Waals surface area contributed by atoms with E-state index in [-0.39, 0.29) is 0 Å². The Labute approximate surface area is 167 Å². The third-order valence-corrected chi connectivity index (χ3v) is 5.79. The second-order valence-corrected chi connectivity index (χ2v) is 7.45. The molecule has 3 aromatic rings. The van der Waals surface area contributed by atoms with Crippen LogP contribution < -0.4 is 9.80 Å². The van der Waals surface area contributed by atoms with E-state index in [1.165, 1.54) is 11.3 Å². The molecule has 0 radical (unpaired) electrons. The number of nitrogens with zero attached hydrogens (tertiary/aromatic N) is 4. The van der Waals surface area contributed by atoms with E-state index in [2.05, 4.69) is 72.2 Å². The average Bonchev–Trinajstić information content (AvgIpc) is 3.08. The predicted molar refractivity (Wildman–Crippen MR) is 117 cm³/mol. The van der Waals surface area contributed by atoms with Crippen LogP contribution in [0, 0.1) is 13.8 Å². The Balaban J connectivity index is 1.86. The lowest BCUT2D eigenvalue weighted by atomic mass is 9.92. The molecule has 0 saturated heterocycles. The number of hydrogen-bond donors (Lipinski definition) is 0. The maximum absolute atomic E-state index is 4.96. The summed E-state index contributed by atoms with van der Waals surface area (Å²) in [6.45, 7) is 9.34. The highest BCUT2D eigenvalue weighted by molar-refractivity contribution is 5.83. The van der Waals surface area contributed by atoms with E-state index in [1.807, 2.05) is 19.9 Å². The maximum Gasteiger partial charge on any atom is 0.178 e. The van der Waals surface area contributed by atoms with Crippen LogP contribution in [0.2, 0.25) is 0 Å². The fourth-order valence-corrected chi connectivity index (χ4v) is 4.03. The molecule has 1 aliphatic rings. The average molecular weight is 373 g/mol. The molecular weight excluding hydrogens is 344 g/mol. The quantitative estimate of drug-likeness (QED) is 0.530. The van der Waals surface area contributed by atoms with Crippen molar-refractivity contribution in [3.8, 4) is 0 Å². The van der Waals surface area contributed by atoms with Gasteiger partial charge in [0.1, 0.15) is 6.67 Å². The minimum absolute atomic E-state index is 0.546. The fourth-order valence-electron chi connectivity index (χ4n) is 4.03. The zero-order chi connectivity index (χ0) is 19.7. The summed E-state index contributed by atoms with van der Waals surface area (Å²) in [4.78, 5) is 14.5. The van der Waals surface area contributed by atoms with Crippen LogP contribution in [-0.2, 0) is 0 Å². The highest BCUT2D eigenvalue weighted by Crippen LogP contribution is 2.44. The van der Waals surface area contributed by atoms with Gasteiger partial charge in [-0.2, -0.15) is 0 Å². The summed E-state index contributed by atoms with van der Waals surface area (Å²) in [5, 5.41) is 0. The first kappa shape index (κ1) is 18.5. The molecule has 0 unspecified atom stereocenters. The van der Waals surface area contributed by atoms with Crippen LogP contribution in [0.25, 0.3) is 0 Å². The zero-order valence-corrected chi connectivity index (χ0v) is 17.2. The number of rotatable bonds is 5. The molecule has 2 aromatic carbocycles. The van der Waals surface area contributed by atoms with Crippen molar-refractivity contribution in [1.82, 2.24) is 9.97 Å². The van der Waals surface area contributed by atoms with Crippen LogP contribution >= 0.6 is 0 Å². The van der Waals surface area contributed by atoms with Gasteiger partial charge in [0.05, 0.1) is 11.4 Å². The van der Waals surface area contributed by atoms with Crippen LogP contribution in [0.5, 0.6) is 0 Å². The molecule has 0 aliphatic carbocycles. The van der Waals surface area contributed by atoms with Crippen molar-refractivity contribution >= 4 is 23.0 Å². The van der Waals surface area contributed by atoms with Crippen molar-refractivity contribution in [1.29, 1.82) is 0 Å². The number of anilines is 4. The van der Waals surface area contributed by atoms with Crippen molar-refractivity contribution in [2.24, 2.45) is 0 Å². The third kappa shape index (κ3) is 3.13. The number of hydrogen-bond acceptors (Lipinski definition) is 4. The lowest BCUT2D eigenvalue weighted by molar-refractivity contribution is 0.641. The van der Waals surface area contributed by atoms with Gasteiger partial charge in [-0.15, -0.1) is 0 Å². The summed E-state index contributed by atoms with van der Waals surface area (Å²) < 4.78 is 0. The van der Waals surface area contributed by atoms with Gasteiger partial charge in [0.2, 0.25) is 0 Å². The molecule has 4 rings (SSSR count). The number of aryl methyl sites for hydroxylation is 2. The summed E-state index contributed by atoms with van der Waals surface area (Å²) in [7, 11) is 0. The standard InChI is InChI=1S/C24H28N4/c1-5-19(6-2)21-14-10-11-15-22(21)28-16-27(20-12-8-7-9-13-20)23-24(28)26-18(4)17(3)25-23/h7-15,19H,5-6,16H2,1-4H3. The van der Waals surface area contributed by atoms with Gasteiger partial charge in [-0.1, -0.05) is 50.2 Å². The summed E-state index contributed by atoms with van der Waals surface area (Å²) >= 11 is 0. The second-order valence-electron chi connectivity index (χ2n) is 7.45. The van der Waals surface area contributed by atoms with Gasteiger partial charge >= 0.3 is 0 Å². The van der Waals surface area contributed by atoms with Gasteiger partial charge in [-0.25, -0.2) is 9.97 Å². The van der Waals surface area contributed by atoms with Crippen LogP contribution in [0.3, 0.4) is 0 Å². The Hall–Kier alpha value is -2.88. The highest BCUT2D eigenvalue weighted by Gasteiger charge is 2.33. The summed E-state index contributed by atoms with van der Waals surface area (Å²) in [5.74, 6) is 2.43. The Morgan fingerprint density at radius 1 is 0.786 bits per heavy atom. The Kier molecular flexibility index (Phi) is 5.03. The van der Waals surface area contributed by atoms with E-state index in [0.717, 1.165) is 48.2 Å². The first-order valence-corrected chi connectivity index (χ1v) is 10.2. The van der Waals surface area contributed by atoms with E-state index in [0.29, 0.717) is 5.92 Å². The minimum atomic E-state index is 0.546. The SMILES string of the molecule is CCC(CC)c1ccccc1N1CN(c2ccccc2)c2nc(C)c(C)nc21. The molecule has 0 amide bonds. The number of benzene rings is 2. The first-order valence-electron chi connectivity index (χ1n) is 10.2. The van der Waals surface area contributed by atoms with Crippen molar-refractivity contribution in [3.05, 3.63) is 71.5 Å². The first-order chi connectivity index (χ1) is 13.6. The number of fused-ring (bicyclic) bond motifs is 1. The van der Waals surface area contributed by atoms with Gasteiger partial charge in [-0.3, -0.25) is 0 Å². The van der Waals surface area contributed by atoms with Gasteiger partial charge in [0, 0.05) is 11.4 Å². The number of para-hydroxylation sites is 2. The Morgan fingerprint density at radius 3 is 2.00 bits per heavy atom. The smallest absolute Gasteiger partial charge is 0.178 e. The summed E-state index contributed by atoms with van der Waals surface area (Å²) in [6, 6.07) is 19.2. The minimum Gasteiger partial charge on any atom is -0.305 e. The van der Waals surface area contributed by atoms with Crippen molar-refractivity contribution in [3.63, 3.8) is 0 Å². The molecule has 0 spiro atoms. The molecular formula is C24H28N4. The largest absolute Gasteiger partial charge is 0.305 e. The second kappa shape index (κ2) is 7.63. The van der Waals surface area contributed by atoms with E-state index in [1.54, 1.807) is 0 Å². The summed E-state index contributed by atoms with van der Waals surface area (Å²) in [6.07, 6.45) is 2.27. The zero-order valence-electron chi connectivity index (χ0n) is 17.2. The van der Waals surface area contributed by atoms with E-state index in [4.69, 9.17) is 9.97 Å². The Bertz CT molecular complexity index is 964. The van der Waals surface area contributed by atoms with Gasteiger partial charge < -0.3 is 9.80 Å². The lowest BCUT2D eigenvalue weighted by Crippen LogP contribution is -2.25. The molecule has 28 heavy (non-hydrogen) atoms. The third-order valence-electron chi connectivity index (χ3n) is 5.79. The molecule has 0 bridgehead atoms. The summed E-state index contributed by atoms with van der Waals surface area (Å²) in [5.41, 5.74) is 5.75. The topological polar surface area (TPSA) is 32.3 Å². The normalized spacial score (nSPS) is 13.3. The fraction of sp³-hybridized carbons (Fsp3) is 0.333. The maximum atomic E-state index is 4.96. The van der Waals surface area contributed by atoms with Gasteiger partial charge in [0.25, 0.3) is 0 Å². The van der Waals surface area contributed by atoms with Crippen molar-refractivity contribution in [2.75, 3.05) is 16.5 Å². The van der Waals surface area contributed by atoms with E-state index >= 15 is 0 Å². The number of aromatic nitrogens is 2. The van der Waals surface area contributed by atoms with E-state index < -0.39 is 0 Å². The molecule has 4 nitrogen and oxygen atoms in total. The highest BCUT2D eigenvalue weighted by atomic mass is 15.4. The molecule has 1 aromatic heterocycles. The van der Waals surface area contributed by atoms with E-state index in [9.17, 15) is 0 Å². The molecule has 1 aliphatic heterocycles. The lowest BCUT2D eigenvalue weighted by Gasteiger charge is -2.26. The van der Waals surface area contributed by atoms with Crippen LogP contribution in [0.4, 0.5) is 23.0 Å². The molecule has 0 atom stereocenters. The van der Waals surface area contributed by atoms with Crippen molar-refractivity contribution < 1.29 is 0 Å². The molecule has 4 heteroatoms. The Morgan fingerprint density at radius 2 is 1.36 bits per heavy atom. The molecule has 144 valence electrons. The molecule has 0 N–H and O–H groups in total. The predicted octanol–water partition coefficient (Wildman–Crippen LogP) is 6.24. The molecule has 0 saturated carbocycles. The van der Waals surface area contributed by atoms with Crippen LogP contribution in [0.15, 0.2) is 54.6 Å². The van der Waals surface area contributed by atoms with Gasteiger partial charge in [-0.05, 0) is 56.4 Å². The van der Waals surface area contributed by atoms with Crippen molar-refractivity contribution in [2.45, 2.75) is 46.5 Å². The monoisotopic (exact) mass is 372 g/mol. The molecule has 0 fully saturated rings. The van der Waals surface area contributed by atoms with Gasteiger partial charge in [0.15, 0.2) is 11.6 Å². The van der Waals surface area contributed by atoms with Crippen LogP contribution in [0.1, 0.15) is 49.6 Å².